The summed E-state index contributed by atoms with van der Waals surface area (Å²) in [4.78, 5) is 11.9. The Hall–Kier alpha value is -2.22. The van der Waals surface area contributed by atoms with Crippen molar-refractivity contribution in [1.29, 1.82) is 0 Å². The normalized spacial score (nSPS) is 11.4. The first-order chi connectivity index (χ1) is 10.7. The van der Waals surface area contributed by atoms with Gasteiger partial charge in [0.15, 0.2) is 11.3 Å². The summed E-state index contributed by atoms with van der Waals surface area (Å²) in [5, 5.41) is 3.67. The molecule has 124 valence electrons. The molecule has 5 nitrogen and oxygen atoms in total. The predicted octanol–water partition coefficient (Wildman–Crippen LogP) is 4.06. The van der Waals surface area contributed by atoms with Gasteiger partial charge in [-0.15, -0.1) is 0 Å². The third-order valence-electron chi connectivity index (χ3n) is 2.75. The zero-order valence-corrected chi connectivity index (χ0v) is 12.9. The van der Waals surface area contributed by atoms with Crippen LogP contribution < -0.4 is 4.74 Å². The summed E-state index contributed by atoms with van der Waals surface area (Å²) in [6.45, 7) is 1.40. The number of esters is 1. The Labute approximate surface area is 134 Å². The Balaban J connectivity index is 2.53. The average Bonchev–Trinajstić information content (AvgIpc) is 2.76. The molecule has 0 bridgehead atoms. The number of hydrogen-bond acceptors (Lipinski definition) is 4. The van der Waals surface area contributed by atoms with Crippen molar-refractivity contribution < 1.29 is 27.4 Å². The van der Waals surface area contributed by atoms with E-state index in [0.29, 0.717) is 5.02 Å². The lowest BCUT2D eigenvalue weighted by atomic mass is 10.2. The van der Waals surface area contributed by atoms with Gasteiger partial charge in [-0.3, -0.25) is 0 Å². The monoisotopic (exact) mass is 348 g/mol. The molecule has 2 rings (SSSR count). The minimum atomic E-state index is -4.82. The van der Waals surface area contributed by atoms with Crippen molar-refractivity contribution in [2.45, 2.75) is 13.1 Å². The Morgan fingerprint density at radius 3 is 2.65 bits per heavy atom. The predicted molar refractivity (Wildman–Crippen MR) is 75.7 cm³/mol. The van der Waals surface area contributed by atoms with Crippen LogP contribution in [-0.4, -0.2) is 22.4 Å². The zero-order valence-electron chi connectivity index (χ0n) is 12.1. The second-order valence-electron chi connectivity index (χ2n) is 4.43. The minimum absolute atomic E-state index is 0.0817. The van der Waals surface area contributed by atoms with E-state index in [2.05, 4.69) is 9.84 Å². The summed E-state index contributed by atoms with van der Waals surface area (Å²) in [7, 11) is 1.23. The number of benzene rings is 1. The Morgan fingerprint density at radius 2 is 2.09 bits per heavy atom. The van der Waals surface area contributed by atoms with Crippen LogP contribution >= 0.6 is 11.6 Å². The number of carbonyl (C=O) groups is 1. The number of ether oxygens (including phenoxy) is 2. The quantitative estimate of drug-likeness (QED) is 0.782. The summed E-state index contributed by atoms with van der Waals surface area (Å²) in [5.74, 6) is -1.37. The standard InChI is InChI=1S/C14H12ClF3N2O3/c1-3-22-13(21)10-11(14(16,17)18)19-20(2)12(10)23-9-6-4-5-8(15)7-9/h4-7H,3H2,1-2H3. The van der Waals surface area contributed by atoms with E-state index in [1.807, 2.05) is 0 Å². The number of nitrogens with zero attached hydrogens (tertiary/aromatic N) is 2. The molecule has 1 aromatic carbocycles. The third-order valence-corrected chi connectivity index (χ3v) is 2.99. The van der Waals surface area contributed by atoms with E-state index < -0.39 is 23.4 Å². The highest BCUT2D eigenvalue weighted by Crippen LogP contribution is 2.37. The van der Waals surface area contributed by atoms with E-state index in [0.717, 1.165) is 4.68 Å². The van der Waals surface area contributed by atoms with Gasteiger partial charge in [-0.1, -0.05) is 17.7 Å². The largest absolute Gasteiger partial charge is 0.462 e. The van der Waals surface area contributed by atoms with Crippen LogP contribution in [0.4, 0.5) is 13.2 Å². The number of carbonyl (C=O) groups excluding carboxylic acids is 1. The molecule has 2 aromatic rings. The number of rotatable bonds is 4. The first kappa shape index (κ1) is 17.1. The summed E-state index contributed by atoms with van der Waals surface area (Å²) in [6.07, 6.45) is -4.82. The van der Waals surface area contributed by atoms with Gasteiger partial charge in [-0.2, -0.15) is 18.3 Å². The van der Waals surface area contributed by atoms with E-state index in [9.17, 15) is 18.0 Å². The summed E-state index contributed by atoms with van der Waals surface area (Å²) >= 11 is 5.81. The molecule has 1 heterocycles. The molecule has 0 N–H and O–H groups in total. The topological polar surface area (TPSA) is 53.3 Å². The molecule has 0 unspecified atom stereocenters. The van der Waals surface area contributed by atoms with Gasteiger partial charge in [-0.25, -0.2) is 9.48 Å². The second kappa shape index (κ2) is 6.49. The van der Waals surface area contributed by atoms with Crippen LogP contribution in [0.15, 0.2) is 24.3 Å². The van der Waals surface area contributed by atoms with Gasteiger partial charge in [0.1, 0.15) is 5.75 Å². The van der Waals surface area contributed by atoms with Gasteiger partial charge in [0.2, 0.25) is 5.88 Å². The number of halogens is 4. The maximum absolute atomic E-state index is 13.1. The molecule has 0 aliphatic heterocycles. The van der Waals surface area contributed by atoms with E-state index in [1.54, 1.807) is 12.1 Å². The highest BCUT2D eigenvalue weighted by Gasteiger charge is 2.42. The molecule has 9 heteroatoms. The summed E-state index contributed by atoms with van der Waals surface area (Å²) in [6, 6.07) is 6.02. The SMILES string of the molecule is CCOC(=O)c1c(C(F)(F)F)nn(C)c1Oc1cccc(Cl)c1. The fraction of sp³-hybridized carbons (Fsp3) is 0.286. The Kier molecular flexibility index (Phi) is 4.84. The molecule has 0 atom stereocenters. The van der Waals surface area contributed by atoms with Crippen molar-refractivity contribution >= 4 is 17.6 Å². The average molecular weight is 349 g/mol. The molecule has 0 spiro atoms. The first-order valence-electron chi connectivity index (χ1n) is 6.48. The fourth-order valence-electron chi connectivity index (χ4n) is 1.85. The van der Waals surface area contributed by atoms with Crippen LogP contribution in [0.2, 0.25) is 5.02 Å². The van der Waals surface area contributed by atoms with Crippen molar-refractivity contribution in [2.75, 3.05) is 6.61 Å². The molecule has 23 heavy (non-hydrogen) atoms. The van der Waals surface area contributed by atoms with Crippen molar-refractivity contribution in [3.63, 3.8) is 0 Å². The van der Waals surface area contributed by atoms with Gasteiger partial charge in [-0.05, 0) is 25.1 Å². The molecular formula is C14H12ClF3N2O3. The molecule has 0 radical (unpaired) electrons. The van der Waals surface area contributed by atoms with E-state index in [-0.39, 0.29) is 18.2 Å². The first-order valence-corrected chi connectivity index (χ1v) is 6.86. The zero-order chi connectivity index (χ0) is 17.2. The molecule has 0 fully saturated rings. The Bertz CT molecular complexity index is 729. The van der Waals surface area contributed by atoms with Crippen LogP contribution in [0.1, 0.15) is 23.0 Å². The number of aryl methyl sites for hydroxylation is 1. The van der Waals surface area contributed by atoms with Gasteiger partial charge >= 0.3 is 12.1 Å². The van der Waals surface area contributed by atoms with Crippen LogP contribution in [0, 0.1) is 0 Å². The molecule has 1 aromatic heterocycles. The van der Waals surface area contributed by atoms with Gasteiger partial charge in [0.25, 0.3) is 0 Å². The summed E-state index contributed by atoms with van der Waals surface area (Å²) < 4.78 is 50.1. The lowest BCUT2D eigenvalue weighted by Gasteiger charge is -2.09. The van der Waals surface area contributed by atoms with Gasteiger partial charge < -0.3 is 9.47 Å². The van der Waals surface area contributed by atoms with Crippen molar-refractivity contribution in [3.05, 3.63) is 40.5 Å². The molecule has 0 saturated carbocycles. The van der Waals surface area contributed by atoms with Crippen LogP contribution in [-0.2, 0) is 18.0 Å². The van der Waals surface area contributed by atoms with Crippen LogP contribution in [0.25, 0.3) is 0 Å². The highest BCUT2D eigenvalue weighted by atomic mass is 35.5. The minimum Gasteiger partial charge on any atom is -0.462 e. The molecule has 0 aliphatic carbocycles. The van der Waals surface area contributed by atoms with E-state index in [4.69, 9.17) is 16.3 Å². The van der Waals surface area contributed by atoms with Crippen LogP contribution in [0.5, 0.6) is 11.6 Å². The number of hydrogen-bond donors (Lipinski definition) is 0. The van der Waals surface area contributed by atoms with Gasteiger partial charge in [0.05, 0.1) is 6.61 Å². The fourth-order valence-corrected chi connectivity index (χ4v) is 2.03. The van der Waals surface area contributed by atoms with Gasteiger partial charge in [0, 0.05) is 12.1 Å². The van der Waals surface area contributed by atoms with Crippen LogP contribution in [0.3, 0.4) is 0 Å². The van der Waals surface area contributed by atoms with Crippen molar-refractivity contribution in [3.8, 4) is 11.6 Å². The maximum Gasteiger partial charge on any atom is 0.436 e. The molecule has 0 saturated heterocycles. The smallest absolute Gasteiger partial charge is 0.436 e. The lowest BCUT2D eigenvalue weighted by Crippen LogP contribution is -2.14. The highest BCUT2D eigenvalue weighted by molar-refractivity contribution is 6.30. The van der Waals surface area contributed by atoms with E-state index >= 15 is 0 Å². The van der Waals surface area contributed by atoms with E-state index in [1.165, 1.54) is 26.1 Å². The van der Waals surface area contributed by atoms with Crippen molar-refractivity contribution in [1.82, 2.24) is 9.78 Å². The van der Waals surface area contributed by atoms with Crippen molar-refractivity contribution in [2.24, 2.45) is 7.05 Å². The Morgan fingerprint density at radius 1 is 1.39 bits per heavy atom. The number of alkyl halides is 3. The summed E-state index contributed by atoms with van der Waals surface area (Å²) in [5.41, 5.74) is -2.14. The molecular weight excluding hydrogens is 337 g/mol. The molecule has 0 aliphatic rings. The second-order valence-corrected chi connectivity index (χ2v) is 4.87. The lowest BCUT2D eigenvalue weighted by molar-refractivity contribution is -0.142. The molecule has 0 amide bonds. The number of aromatic nitrogens is 2. The third kappa shape index (κ3) is 3.76. The maximum atomic E-state index is 13.1.